The van der Waals surface area contributed by atoms with E-state index in [1.54, 1.807) is 31.4 Å². The van der Waals surface area contributed by atoms with E-state index in [2.05, 4.69) is 20.6 Å². The number of fused-ring (bicyclic) bond motifs is 1. The van der Waals surface area contributed by atoms with Gasteiger partial charge in [-0.2, -0.15) is 0 Å². The van der Waals surface area contributed by atoms with Gasteiger partial charge in [-0.25, -0.2) is 4.98 Å². The molecule has 0 aliphatic heterocycles. The number of imidazole rings is 1. The highest BCUT2D eigenvalue weighted by Crippen LogP contribution is 2.16. The smallest absolute Gasteiger partial charge is 0.251 e. The van der Waals surface area contributed by atoms with Crippen LogP contribution in [0.4, 0.5) is 5.95 Å². The van der Waals surface area contributed by atoms with Crippen LogP contribution in [0.5, 0.6) is 5.75 Å². The number of carbonyl (C=O) groups is 2. The number of amides is 2. The molecule has 0 saturated heterocycles. The maximum Gasteiger partial charge on any atom is 0.251 e. The highest BCUT2D eigenvalue weighted by atomic mass is 16.5. The summed E-state index contributed by atoms with van der Waals surface area (Å²) < 4.78 is 5.11. The van der Waals surface area contributed by atoms with Crippen LogP contribution in [-0.4, -0.2) is 34.9 Å². The molecule has 0 saturated carbocycles. The monoisotopic (exact) mass is 380 g/mol. The lowest BCUT2D eigenvalue weighted by atomic mass is 9.98. The predicted molar refractivity (Wildman–Crippen MR) is 108 cm³/mol. The standard InChI is InChI=1S/C21H24N4O3/c1-4-13(2)18(24-19(26)14-9-11-15(28-3)12-10-14)20(27)25-21-22-16-7-5-6-8-17(16)23-21/h5-13,18H,4H2,1-3H3,(H,24,26)(H2,22,23,25,27)/t13-,18-/m1/s1. The number of H-pyrrole nitrogens is 1. The molecule has 7 nitrogen and oxygen atoms in total. The van der Waals surface area contributed by atoms with Crippen molar-refractivity contribution >= 4 is 28.8 Å². The minimum Gasteiger partial charge on any atom is -0.497 e. The summed E-state index contributed by atoms with van der Waals surface area (Å²) in [4.78, 5) is 32.9. The fourth-order valence-electron chi connectivity index (χ4n) is 2.88. The van der Waals surface area contributed by atoms with Crippen molar-refractivity contribution in [2.24, 2.45) is 5.92 Å². The average Bonchev–Trinajstić information content (AvgIpc) is 3.13. The first kappa shape index (κ1) is 19.4. The molecule has 0 spiro atoms. The zero-order valence-electron chi connectivity index (χ0n) is 16.2. The fraction of sp³-hybridized carbons (Fsp3) is 0.286. The van der Waals surface area contributed by atoms with Gasteiger partial charge in [0.25, 0.3) is 5.91 Å². The van der Waals surface area contributed by atoms with Crippen LogP contribution in [0.1, 0.15) is 30.6 Å². The van der Waals surface area contributed by atoms with E-state index in [1.165, 1.54) is 0 Å². The molecule has 28 heavy (non-hydrogen) atoms. The molecular formula is C21H24N4O3. The molecule has 2 aromatic carbocycles. The SMILES string of the molecule is CC[C@@H](C)[C@@H](NC(=O)c1ccc(OC)cc1)C(=O)Nc1nc2ccccc2[nH]1. The summed E-state index contributed by atoms with van der Waals surface area (Å²) >= 11 is 0. The first-order valence-corrected chi connectivity index (χ1v) is 9.22. The summed E-state index contributed by atoms with van der Waals surface area (Å²) in [5.41, 5.74) is 2.06. The van der Waals surface area contributed by atoms with Crippen LogP contribution >= 0.6 is 0 Å². The summed E-state index contributed by atoms with van der Waals surface area (Å²) in [5, 5.41) is 5.62. The summed E-state index contributed by atoms with van der Waals surface area (Å²) in [6, 6.07) is 13.6. The molecule has 146 valence electrons. The number of benzene rings is 2. The van der Waals surface area contributed by atoms with Crippen LogP contribution in [0, 0.1) is 5.92 Å². The van der Waals surface area contributed by atoms with Gasteiger partial charge in [-0.3, -0.25) is 14.9 Å². The highest BCUT2D eigenvalue weighted by Gasteiger charge is 2.27. The van der Waals surface area contributed by atoms with Crippen molar-refractivity contribution in [3.8, 4) is 5.75 Å². The van der Waals surface area contributed by atoms with Gasteiger partial charge in [-0.05, 0) is 42.3 Å². The Balaban J connectivity index is 1.74. The molecule has 0 bridgehead atoms. The maximum absolute atomic E-state index is 12.9. The molecule has 3 aromatic rings. The molecule has 2 atom stereocenters. The van der Waals surface area contributed by atoms with Gasteiger partial charge >= 0.3 is 0 Å². The number of aromatic amines is 1. The summed E-state index contributed by atoms with van der Waals surface area (Å²) in [7, 11) is 1.57. The number of hydrogen-bond donors (Lipinski definition) is 3. The summed E-state index contributed by atoms with van der Waals surface area (Å²) in [6.07, 6.45) is 0.737. The number of nitrogens with one attached hydrogen (secondary N) is 3. The van der Waals surface area contributed by atoms with Crippen molar-refractivity contribution in [3.63, 3.8) is 0 Å². The van der Waals surface area contributed by atoms with E-state index in [0.29, 0.717) is 17.3 Å². The van der Waals surface area contributed by atoms with E-state index in [9.17, 15) is 9.59 Å². The topological polar surface area (TPSA) is 96.1 Å². The van der Waals surface area contributed by atoms with Gasteiger partial charge in [-0.1, -0.05) is 32.4 Å². The Morgan fingerprint density at radius 1 is 1.14 bits per heavy atom. The third-order valence-corrected chi connectivity index (χ3v) is 4.77. The van der Waals surface area contributed by atoms with Crippen LogP contribution in [0.3, 0.4) is 0 Å². The molecular weight excluding hydrogens is 356 g/mol. The highest BCUT2D eigenvalue weighted by molar-refractivity contribution is 6.01. The zero-order chi connectivity index (χ0) is 20.1. The lowest BCUT2D eigenvalue weighted by Crippen LogP contribution is -2.47. The van der Waals surface area contributed by atoms with E-state index in [0.717, 1.165) is 17.5 Å². The van der Waals surface area contributed by atoms with Crippen LogP contribution < -0.4 is 15.4 Å². The van der Waals surface area contributed by atoms with Crippen LogP contribution in [0.2, 0.25) is 0 Å². The van der Waals surface area contributed by atoms with Crippen molar-refractivity contribution in [2.45, 2.75) is 26.3 Å². The van der Waals surface area contributed by atoms with Gasteiger partial charge in [0.05, 0.1) is 18.1 Å². The second-order valence-corrected chi connectivity index (χ2v) is 6.66. The Bertz CT molecular complexity index is 932. The molecule has 1 heterocycles. The fourth-order valence-corrected chi connectivity index (χ4v) is 2.88. The second-order valence-electron chi connectivity index (χ2n) is 6.66. The van der Waals surface area contributed by atoms with Crippen LogP contribution in [0.25, 0.3) is 11.0 Å². The summed E-state index contributed by atoms with van der Waals surface area (Å²) in [6.45, 7) is 3.91. The Morgan fingerprint density at radius 3 is 2.50 bits per heavy atom. The third kappa shape index (κ3) is 4.31. The van der Waals surface area contributed by atoms with Crippen molar-refractivity contribution < 1.29 is 14.3 Å². The quantitative estimate of drug-likeness (QED) is 0.586. The van der Waals surface area contributed by atoms with Crippen molar-refractivity contribution in [3.05, 3.63) is 54.1 Å². The molecule has 0 unspecified atom stereocenters. The van der Waals surface area contributed by atoms with Crippen molar-refractivity contribution in [1.29, 1.82) is 0 Å². The molecule has 3 rings (SSSR count). The van der Waals surface area contributed by atoms with Gasteiger partial charge < -0.3 is 15.0 Å². The largest absolute Gasteiger partial charge is 0.497 e. The van der Waals surface area contributed by atoms with Gasteiger partial charge in [0.2, 0.25) is 11.9 Å². The lowest BCUT2D eigenvalue weighted by molar-refractivity contribution is -0.119. The summed E-state index contributed by atoms with van der Waals surface area (Å²) in [5.74, 6) is 0.352. The van der Waals surface area contributed by atoms with Crippen molar-refractivity contribution in [1.82, 2.24) is 15.3 Å². The number of carbonyl (C=O) groups excluding carboxylic acids is 2. The van der Waals surface area contributed by atoms with Gasteiger partial charge in [0.15, 0.2) is 0 Å². The minimum absolute atomic E-state index is 0.0495. The number of nitrogens with zero attached hydrogens (tertiary/aromatic N) is 1. The molecule has 0 aliphatic rings. The molecule has 0 fully saturated rings. The molecule has 0 radical (unpaired) electrons. The second kappa shape index (κ2) is 8.56. The Labute approximate surface area is 163 Å². The number of ether oxygens (including phenoxy) is 1. The van der Waals surface area contributed by atoms with E-state index in [4.69, 9.17) is 4.74 Å². The predicted octanol–water partition coefficient (Wildman–Crippen LogP) is 3.35. The Morgan fingerprint density at radius 2 is 1.86 bits per heavy atom. The number of methoxy groups -OCH3 is 1. The number of aromatic nitrogens is 2. The molecule has 0 aliphatic carbocycles. The number of rotatable bonds is 7. The molecule has 3 N–H and O–H groups in total. The van der Waals surface area contributed by atoms with E-state index < -0.39 is 6.04 Å². The van der Waals surface area contributed by atoms with Crippen LogP contribution in [0.15, 0.2) is 48.5 Å². The van der Waals surface area contributed by atoms with Crippen molar-refractivity contribution in [2.75, 3.05) is 12.4 Å². The van der Waals surface area contributed by atoms with E-state index in [-0.39, 0.29) is 17.7 Å². The molecule has 2 amide bonds. The minimum atomic E-state index is -0.687. The molecule has 7 heteroatoms. The van der Waals surface area contributed by atoms with Crippen LogP contribution in [-0.2, 0) is 4.79 Å². The maximum atomic E-state index is 12.9. The zero-order valence-corrected chi connectivity index (χ0v) is 16.2. The number of anilines is 1. The van der Waals surface area contributed by atoms with Gasteiger partial charge in [0, 0.05) is 5.56 Å². The van der Waals surface area contributed by atoms with E-state index in [1.807, 2.05) is 38.1 Å². The number of para-hydroxylation sites is 2. The van der Waals surface area contributed by atoms with Gasteiger partial charge in [-0.15, -0.1) is 0 Å². The first-order chi connectivity index (χ1) is 13.5. The first-order valence-electron chi connectivity index (χ1n) is 9.22. The Hall–Kier alpha value is -3.35. The average molecular weight is 380 g/mol. The normalized spacial score (nSPS) is 13.0. The molecule has 1 aromatic heterocycles. The van der Waals surface area contributed by atoms with E-state index >= 15 is 0 Å². The lowest BCUT2D eigenvalue weighted by Gasteiger charge is -2.23. The third-order valence-electron chi connectivity index (χ3n) is 4.77. The Kier molecular flexibility index (Phi) is 5.93. The number of hydrogen-bond acceptors (Lipinski definition) is 4. The van der Waals surface area contributed by atoms with Gasteiger partial charge in [0.1, 0.15) is 11.8 Å².